The van der Waals surface area contributed by atoms with Crippen LogP contribution in [0.15, 0.2) is 30.5 Å². The Morgan fingerprint density at radius 1 is 1.29 bits per heavy atom. The standard InChI is InChI=1S/C12H16N4O/c1-10-9-14-15-16(10)7-2-8-17-12-5-3-11(13)4-6-12/h3-6,9H,2,7-8,13H2,1H3. The van der Waals surface area contributed by atoms with E-state index in [9.17, 15) is 0 Å². The highest BCUT2D eigenvalue weighted by atomic mass is 16.5. The molecule has 1 aromatic heterocycles. The maximum absolute atomic E-state index is 5.59. The molecule has 2 aromatic rings. The van der Waals surface area contributed by atoms with E-state index in [0.29, 0.717) is 6.61 Å². The predicted octanol–water partition coefficient (Wildman–Crippen LogP) is 1.64. The molecule has 0 aliphatic heterocycles. The molecule has 0 saturated heterocycles. The lowest BCUT2D eigenvalue weighted by Gasteiger charge is -2.06. The van der Waals surface area contributed by atoms with Crippen molar-refractivity contribution in [3.63, 3.8) is 0 Å². The van der Waals surface area contributed by atoms with E-state index in [2.05, 4.69) is 10.3 Å². The second-order valence-corrected chi connectivity index (χ2v) is 3.87. The largest absolute Gasteiger partial charge is 0.494 e. The maximum atomic E-state index is 5.59. The topological polar surface area (TPSA) is 66.0 Å². The minimum atomic E-state index is 0.656. The van der Waals surface area contributed by atoms with E-state index < -0.39 is 0 Å². The Hall–Kier alpha value is -2.04. The van der Waals surface area contributed by atoms with Gasteiger partial charge < -0.3 is 10.5 Å². The molecule has 2 rings (SSSR count). The third-order valence-electron chi connectivity index (χ3n) is 2.47. The molecular weight excluding hydrogens is 216 g/mol. The van der Waals surface area contributed by atoms with E-state index in [4.69, 9.17) is 10.5 Å². The van der Waals surface area contributed by atoms with Crippen LogP contribution in [0.2, 0.25) is 0 Å². The molecule has 17 heavy (non-hydrogen) atoms. The number of benzene rings is 1. The minimum Gasteiger partial charge on any atom is -0.494 e. The van der Waals surface area contributed by atoms with Crippen molar-refractivity contribution in [1.29, 1.82) is 0 Å². The number of anilines is 1. The highest BCUT2D eigenvalue weighted by molar-refractivity contribution is 5.41. The van der Waals surface area contributed by atoms with Crippen LogP contribution >= 0.6 is 0 Å². The second kappa shape index (κ2) is 5.34. The summed E-state index contributed by atoms with van der Waals surface area (Å²) in [6.45, 7) is 3.46. The molecular formula is C12H16N4O. The van der Waals surface area contributed by atoms with Crippen molar-refractivity contribution < 1.29 is 4.74 Å². The number of hydrogen-bond acceptors (Lipinski definition) is 4. The molecule has 0 atom stereocenters. The molecule has 5 heteroatoms. The van der Waals surface area contributed by atoms with Crippen LogP contribution in [0.4, 0.5) is 5.69 Å². The monoisotopic (exact) mass is 232 g/mol. The number of nitrogens with two attached hydrogens (primary N) is 1. The molecule has 0 radical (unpaired) electrons. The third kappa shape index (κ3) is 3.21. The summed E-state index contributed by atoms with van der Waals surface area (Å²) in [5.74, 6) is 0.842. The Bertz CT molecular complexity index is 464. The summed E-state index contributed by atoms with van der Waals surface area (Å²) in [6, 6.07) is 7.40. The SMILES string of the molecule is Cc1cnnn1CCCOc1ccc(N)cc1. The summed E-state index contributed by atoms with van der Waals surface area (Å²) >= 11 is 0. The molecule has 0 saturated carbocycles. The highest BCUT2D eigenvalue weighted by Crippen LogP contribution is 2.13. The van der Waals surface area contributed by atoms with E-state index in [0.717, 1.165) is 30.1 Å². The molecule has 0 amide bonds. The van der Waals surface area contributed by atoms with Crippen molar-refractivity contribution in [2.24, 2.45) is 0 Å². The molecule has 0 bridgehead atoms. The fraction of sp³-hybridized carbons (Fsp3) is 0.333. The summed E-state index contributed by atoms with van der Waals surface area (Å²) in [5, 5.41) is 7.79. The number of nitrogens with zero attached hydrogens (tertiary/aromatic N) is 3. The number of nitrogen functional groups attached to an aromatic ring is 1. The molecule has 1 heterocycles. The molecule has 0 aliphatic carbocycles. The zero-order valence-electron chi connectivity index (χ0n) is 9.84. The van der Waals surface area contributed by atoms with Crippen molar-refractivity contribution in [2.75, 3.05) is 12.3 Å². The number of hydrogen-bond donors (Lipinski definition) is 1. The van der Waals surface area contributed by atoms with Gasteiger partial charge in [0.15, 0.2) is 0 Å². The predicted molar refractivity (Wildman–Crippen MR) is 65.7 cm³/mol. The Morgan fingerprint density at radius 3 is 2.71 bits per heavy atom. The molecule has 0 aliphatic rings. The Morgan fingerprint density at radius 2 is 2.06 bits per heavy atom. The summed E-state index contributed by atoms with van der Waals surface area (Å²) in [6.07, 6.45) is 2.65. The first-order valence-corrected chi connectivity index (χ1v) is 5.59. The molecule has 0 unspecified atom stereocenters. The normalized spacial score (nSPS) is 10.4. The summed E-state index contributed by atoms with van der Waals surface area (Å²) in [7, 11) is 0. The van der Waals surface area contributed by atoms with Gasteiger partial charge in [-0.3, -0.25) is 0 Å². The zero-order chi connectivity index (χ0) is 12.1. The fourth-order valence-corrected chi connectivity index (χ4v) is 1.50. The summed E-state index contributed by atoms with van der Waals surface area (Å²) in [4.78, 5) is 0. The fourth-order valence-electron chi connectivity index (χ4n) is 1.50. The van der Waals surface area contributed by atoms with Crippen LogP contribution < -0.4 is 10.5 Å². The number of rotatable bonds is 5. The quantitative estimate of drug-likeness (QED) is 0.628. The summed E-state index contributed by atoms with van der Waals surface area (Å²) < 4.78 is 7.45. The van der Waals surface area contributed by atoms with Gasteiger partial charge in [0.2, 0.25) is 0 Å². The Labute approximate surface area is 100 Å². The zero-order valence-corrected chi connectivity index (χ0v) is 9.84. The third-order valence-corrected chi connectivity index (χ3v) is 2.47. The number of aryl methyl sites for hydroxylation is 2. The first kappa shape index (κ1) is 11.4. The van der Waals surface area contributed by atoms with Crippen LogP contribution in [0, 0.1) is 6.92 Å². The lowest BCUT2D eigenvalue weighted by Crippen LogP contribution is -2.07. The van der Waals surface area contributed by atoms with Gasteiger partial charge in [0, 0.05) is 18.7 Å². The molecule has 5 nitrogen and oxygen atoms in total. The van der Waals surface area contributed by atoms with Gasteiger partial charge in [0.25, 0.3) is 0 Å². The van der Waals surface area contributed by atoms with Crippen molar-refractivity contribution in [2.45, 2.75) is 19.9 Å². The van der Waals surface area contributed by atoms with E-state index >= 15 is 0 Å². The van der Waals surface area contributed by atoms with Crippen molar-refractivity contribution in [3.05, 3.63) is 36.2 Å². The van der Waals surface area contributed by atoms with E-state index in [1.165, 1.54) is 0 Å². The average Bonchev–Trinajstić information content (AvgIpc) is 2.73. The second-order valence-electron chi connectivity index (χ2n) is 3.87. The molecule has 1 aromatic carbocycles. The molecule has 90 valence electrons. The summed E-state index contributed by atoms with van der Waals surface area (Å²) in [5.41, 5.74) is 7.40. The van der Waals surface area contributed by atoms with E-state index in [-0.39, 0.29) is 0 Å². The molecule has 2 N–H and O–H groups in total. The van der Waals surface area contributed by atoms with Crippen molar-refractivity contribution in [1.82, 2.24) is 15.0 Å². The Balaban J connectivity index is 1.73. The Kier molecular flexibility index (Phi) is 3.59. The van der Waals surface area contributed by atoms with Crippen LogP contribution in [0.1, 0.15) is 12.1 Å². The van der Waals surface area contributed by atoms with Crippen molar-refractivity contribution in [3.8, 4) is 5.75 Å². The van der Waals surface area contributed by atoms with Gasteiger partial charge in [-0.15, -0.1) is 5.10 Å². The van der Waals surface area contributed by atoms with Gasteiger partial charge in [-0.1, -0.05) is 5.21 Å². The maximum Gasteiger partial charge on any atom is 0.119 e. The van der Waals surface area contributed by atoms with E-state index in [1.54, 1.807) is 6.20 Å². The average molecular weight is 232 g/mol. The highest BCUT2D eigenvalue weighted by Gasteiger charge is 1.98. The van der Waals surface area contributed by atoms with E-state index in [1.807, 2.05) is 35.9 Å². The van der Waals surface area contributed by atoms with Crippen LogP contribution in [0.3, 0.4) is 0 Å². The first-order chi connectivity index (χ1) is 8.25. The van der Waals surface area contributed by atoms with Gasteiger partial charge in [0.1, 0.15) is 5.75 Å². The van der Waals surface area contributed by atoms with Gasteiger partial charge in [0.05, 0.1) is 18.5 Å². The van der Waals surface area contributed by atoms with Crippen LogP contribution in [0.5, 0.6) is 5.75 Å². The lowest BCUT2D eigenvalue weighted by atomic mass is 10.3. The van der Waals surface area contributed by atoms with Gasteiger partial charge in [-0.05, 0) is 31.2 Å². The van der Waals surface area contributed by atoms with Crippen molar-refractivity contribution >= 4 is 5.69 Å². The first-order valence-electron chi connectivity index (χ1n) is 5.59. The number of ether oxygens (including phenoxy) is 1. The number of aromatic nitrogens is 3. The van der Waals surface area contributed by atoms with Crippen LogP contribution in [-0.4, -0.2) is 21.6 Å². The van der Waals surface area contributed by atoms with Crippen LogP contribution in [0.25, 0.3) is 0 Å². The van der Waals surface area contributed by atoms with Gasteiger partial charge in [-0.25, -0.2) is 4.68 Å². The molecule has 0 fully saturated rings. The lowest BCUT2D eigenvalue weighted by molar-refractivity contribution is 0.297. The van der Waals surface area contributed by atoms with Gasteiger partial charge in [-0.2, -0.15) is 0 Å². The minimum absolute atomic E-state index is 0.656. The van der Waals surface area contributed by atoms with Gasteiger partial charge >= 0.3 is 0 Å². The van der Waals surface area contributed by atoms with Crippen LogP contribution in [-0.2, 0) is 6.54 Å². The smallest absolute Gasteiger partial charge is 0.119 e. The molecule has 0 spiro atoms.